The van der Waals surface area contributed by atoms with Crippen LogP contribution in [0.1, 0.15) is 24.8 Å². The van der Waals surface area contributed by atoms with E-state index in [4.69, 9.17) is 19.5 Å². The molecule has 0 saturated heterocycles. The fourth-order valence-corrected chi connectivity index (χ4v) is 1.83. The molecule has 0 aliphatic rings. The van der Waals surface area contributed by atoms with E-state index in [0.717, 1.165) is 0 Å². The second kappa shape index (κ2) is 6.64. The second-order valence-corrected chi connectivity index (χ2v) is 4.05. The van der Waals surface area contributed by atoms with Gasteiger partial charge in [-0.1, -0.05) is 0 Å². The number of ketones is 1. The minimum absolute atomic E-state index is 0.0414. The number of nitriles is 1. The van der Waals surface area contributed by atoms with Gasteiger partial charge in [-0.15, -0.1) is 0 Å². The van der Waals surface area contributed by atoms with Crippen molar-refractivity contribution in [3.05, 3.63) is 17.7 Å². The van der Waals surface area contributed by atoms with E-state index >= 15 is 0 Å². The van der Waals surface area contributed by atoms with Crippen LogP contribution in [-0.2, 0) is 4.79 Å². The van der Waals surface area contributed by atoms with Crippen LogP contribution in [0.25, 0.3) is 0 Å². The first-order valence-corrected chi connectivity index (χ1v) is 5.76. The van der Waals surface area contributed by atoms with E-state index in [0.29, 0.717) is 22.8 Å². The summed E-state index contributed by atoms with van der Waals surface area (Å²) in [5.74, 6) is 0.848. The lowest BCUT2D eigenvalue weighted by atomic mass is 9.95. The highest BCUT2D eigenvalue weighted by molar-refractivity contribution is 5.77. The molecule has 0 heterocycles. The fraction of sp³-hybridized carbons (Fsp3) is 0.429. The Morgan fingerprint density at radius 3 is 2.05 bits per heavy atom. The van der Waals surface area contributed by atoms with Gasteiger partial charge in [-0.3, -0.25) is 4.79 Å². The molecule has 19 heavy (non-hydrogen) atoms. The molecule has 0 fully saturated rings. The molecule has 5 nitrogen and oxygen atoms in total. The lowest BCUT2D eigenvalue weighted by molar-refractivity contribution is -0.117. The zero-order chi connectivity index (χ0) is 14.4. The molecular formula is C14H17NO4. The lowest BCUT2D eigenvalue weighted by Gasteiger charge is -2.15. The molecule has 0 radical (unpaired) electrons. The topological polar surface area (TPSA) is 68.5 Å². The minimum Gasteiger partial charge on any atom is -0.493 e. The van der Waals surface area contributed by atoms with Gasteiger partial charge in [0.2, 0.25) is 5.75 Å². The second-order valence-electron chi connectivity index (χ2n) is 4.05. The molecule has 0 bridgehead atoms. The van der Waals surface area contributed by atoms with Gasteiger partial charge in [0.1, 0.15) is 5.78 Å². The Bertz CT molecular complexity index is 480. The number of hydrogen-bond donors (Lipinski definition) is 0. The Hall–Kier alpha value is -2.22. The lowest BCUT2D eigenvalue weighted by Crippen LogP contribution is -2.04. The molecule has 1 rings (SSSR count). The van der Waals surface area contributed by atoms with Gasteiger partial charge in [0.05, 0.1) is 33.3 Å². The first-order valence-electron chi connectivity index (χ1n) is 5.76. The van der Waals surface area contributed by atoms with Gasteiger partial charge in [-0.05, 0) is 24.6 Å². The van der Waals surface area contributed by atoms with Gasteiger partial charge in [0.25, 0.3) is 0 Å². The zero-order valence-electron chi connectivity index (χ0n) is 11.5. The molecule has 1 aromatic rings. The summed E-state index contributed by atoms with van der Waals surface area (Å²) in [5.41, 5.74) is 0.673. The molecule has 0 aromatic heterocycles. The van der Waals surface area contributed by atoms with Crippen molar-refractivity contribution in [2.24, 2.45) is 0 Å². The van der Waals surface area contributed by atoms with Crippen molar-refractivity contribution in [2.75, 3.05) is 21.3 Å². The monoisotopic (exact) mass is 263 g/mol. The molecule has 102 valence electrons. The average Bonchev–Trinajstić information content (AvgIpc) is 2.42. The van der Waals surface area contributed by atoms with Gasteiger partial charge in [-0.2, -0.15) is 5.26 Å². The molecule has 0 saturated carbocycles. The van der Waals surface area contributed by atoms with Gasteiger partial charge < -0.3 is 14.2 Å². The summed E-state index contributed by atoms with van der Waals surface area (Å²) in [7, 11) is 4.53. The van der Waals surface area contributed by atoms with E-state index in [1.165, 1.54) is 28.3 Å². The zero-order valence-corrected chi connectivity index (χ0v) is 11.5. The number of ether oxygens (including phenoxy) is 3. The van der Waals surface area contributed by atoms with Crippen molar-refractivity contribution >= 4 is 5.78 Å². The summed E-state index contributed by atoms with van der Waals surface area (Å²) in [6, 6.07) is 5.50. The standard InChI is InChI=1S/C14H17NO4/c1-9(16)5-11(8-15)10-6-12(17-2)14(19-4)13(7-10)18-3/h6-7,11H,5H2,1-4H3. The summed E-state index contributed by atoms with van der Waals surface area (Å²) in [6.45, 7) is 1.46. The van der Waals surface area contributed by atoms with Gasteiger partial charge >= 0.3 is 0 Å². The van der Waals surface area contributed by atoms with E-state index < -0.39 is 5.92 Å². The highest BCUT2D eigenvalue weighted by Crippen LogP contribution is 2.40. The van der Waals surface area contributed by atoms with Crippen molar-refractivity contribution in [1.29, 1.82) is 5.26 Å². The maximum Gasteiger partial charge on any atom is 0.203 e. The van der Waals surface area contributed by atoms with Crippen LogP contribution >= 0.6 is 0 Å². The van der Waals surface area contributed by atoms with Crippen molar-refractivity contribution in [3.63, 3.8) is 0 Å². The largest absolute Gasteiger partial charge is 0.493 e. The summed E-state index contributed by atoms with van der Waals surface area (Å²) >= 11 is 0. The summed E-state index contributed by atoms with van der Waals surface area (Å²) < 4.78 is 15.6. The first-order chi connectivity index (χ1) is 9.07. The van der Waals surface area contributed by atoms with Crippen molar-refractivity contribution in [3.8, 4) is 23.3 Å². The molecule has 1 unspecified atom stereocenters. The Balaban J connectivity index is 3.29. The molecule has 0 aliphatic heterocycles. The molecule has 0 N–H and O–H groups in total. The molecule has 5 heteroatoms. The SMILES string of the molecule is COc1cc(C(C#N)CC(C)=O)cc(OC)c1OC. The van der Waals surface area contributed by atoms with Gasteiger partial charge in [0, 0.05) is 6.42 Å². The van der Waals surface area contributed by atoms with Crippen LogP contribution in [0.4, 0.5) is 0 Å². The van der Waals surface area contributed by atoms with Crippen molar-refractivity contribution in [1.82, 2.24) is 0 Å². The number of benzene rings is 1. The van der Waals surface area contributed by atoms with Crippen LogP contribution in [0.15, 0.2) is 12.1 Å². The summed E-state index contributed by atoms with van der Waals surface area (Å²) in [4.78, 5) is 11.2. The van der Waals surface area contributed by atoms with Crippen molar-refractivity contribution < 1.29 is 19.0 Å². The predicted octanol–water partition coefficient (Wildman–Crippen LogP) is 2.30. The number of carbonyl (C=O) groups excluding carboxylic acids is 1. The van der Waals surface area contributed by atoms with Crippen LogP contribution in [-0.4, -0.2) is 27.1 Å². The average molecular weight is 263 g/mol. The Labute approximate surface area is 112 Å². The van der Waals surface area contributed by atoms with E-state index in [9.17, 15) is 4.79 Å². The van der Waals surface area contributed by atoms with Crippen LogP contribution in [0.5, 0.6) is 17.2 Å². The fourth-order valence-electron chi connectivity index (χ4n) is 1.83. The number of Topliss-reactive ketones (excluding diaryl/α,β-unsaturated/α-hetero) is 1. The van der Waals surface area contributed by atoms with E-state index in [2.05, 4.69) is 6.07 Å². The molecule has 0 amide bonds. The highest BCUT2D eigenvalue weighted by atomic mass is 16.5. The van der Waals surface area contributed by atoms with Gasteiger partial charge in [-0.25, -0.2) is 0 Å². The number of carbonyl (C=O) groups is 1. The quantitative estimate of drug-likeness (QED) is 0.787. The molecular weight excluding hydrogens is 246 g/mol. The molecule has 1 atom stereocenters. The minimum atomic E-state index is -0.522. The van der Waals surface area contributed by atoms with Crippen LogP contribution in [0.3, 0.4) is 0 Å². The predicted molar refractivity (Wildman–Crippen MR) is 69.8 cm³/mol. The number of rotatable bonds is 6. The summed E-state index contributed by atoms with van der Waals surface area (Å²) in [6.07, 6.45) is 0.162. The maximum atomic E-state index is 11.2. The third-order valence-corrected chi connectivity index (χ3v) is 2.74. The Morgan fingerprint density at radius 1 is 1.21 bits per heavy atom. The number of hydrogen-bond acceptors (Lipinski definition) is 5. The molecule has 0 spiro atoms. The number of methoxy groups -OCH3 is 3. The van der Waals surface area contributed by atoms with Gasteiger partial charge in [0.15, 0.2) is 11.5 Å². The third kappa shape index (κ3) is 3.38. The first kappa shape index (κ1) is 14.8. The van der Waals surface area contributed by atoms with E-state index in [1.54, 1.807) is 12.1 Å². The number of nitrogens with zero attached hydrogens (tertiary/aromatic N) is 1. The van der Waals surface area contributed by atoms with E-state index in [-0.39, 0.29) is 12.2 Å². The Morgan fingerprint density at radius 2 is 1.74 bits per heavy atom. The van der Waals surface area contributed by atoms with E-state index in [1.807, 2.05) is 0 Å². The smallest absolute Gasteiger partial charge is 0.203 e. The van der Waals surface area contributed by atoms with Crippen LogP contribution < -0.4 is 14.2 Å². The summed E-state index contributed by atoms with van der Waals surface area (Å²) in [5, 5.41) is 9.17. The van der Waals surface area contributed by atoms with Crippen molar-refractivity contribution in [2.45, 2.75) is 19.3 Å². The third-order valence-electron chi connectivity index (χ3n) is 2.74. The van der Waals surface area contributed by atoms with Crippen LogP contribution in [0, 0.1) is 11.3 Å². The molecule has 0 aliphatic carbocycles. The molecule has 1 aromatic carbocycles. The highest BCUT2D eigenvalue weighted by Gasteiger charge is 2.19. The van der Waals surface area contributed by atoms with Crippen LogP contribution in [0.2, 0.25) is 0 Å². The normalized spacial score (nSPS) is 11.3. The maximum absolute atomic E-state index is 11.2. The Kier molecular flexibility index (Phi) is 5.19.